The van der Waals surface area contributed by atoms with Gasteiger partial charge in [0.2, 0.25) is 0 Å². The van der Waals surface area contributed by atoms with Gasteiger partial charge in [0.05, 0.1) is 11.5 Å². The molecule has 0 saturated heterocycles. The van der Waals surface area contributed by atoms with Crippen molar-refractivity contribution in [3.63, 3.8) is 0 Å². The molecule has 3 rings (SSSR count). The normalized spacial score (nSPS) is 19.1. The number of benzene rings is 2. The summed E-state index contributed by atoms with van der Waals surface area (Å²) in [5.41, 5.74) is 2.25. The first-order valence-electron chi connectivity index (χ1n) is 8.70. The Kier molecular flexibility index (Phi) is 5.16. The Morgan fingerprint density at radius 2 is 1.62 bits per heavy atom. The Morgan fingerprint density at radius 1 is 0.962 bits per heavy atom. The molecular formula is C21H21NO4. The monoisotopic (exact) mass is 351 g/mol. The SMILES string of the molecule is Cc1ccc(C(=O)c2ccccc2C(=O)N[C@H]2CC[C@@H](C(=O)O)C2)cc1. The maximum Gasteiger partial charge on any atom is 0.306 e. The highest BCUT2D eigenvalue weighted by molar-refractivity contribution is 6.15. The van der Waals surface area contributed by atoms with E-state index in [0.717, 1.165) is 5.56 Å². The molecule has 0 heterocycles. The predicted molar refractivity (Wildman–Crippen MR) is 97.3 cm³/mol. The molecule has 2 aromatic rings. The highest BCUT2D eigenvalue weighted by Crippen LogP contribution is 2.26. The Bertz CT molecular complexity index is 841. The van der Waals surface area contributed by atoms with E-state index in [9.17, 15) is 14.4 Å². The van der Waals surface area contributed by atoms with Gasteiger partial charge in [-0.3, -0.25) is 14.4 Å². The van der Waals surface area contributed by atoms with Crippen LogP contribution in [-0.4, -0.2) is 28.8 Å². The molecule has 0 bridgehead atoms. The average molecular weight is 351 g/mol. The van der Waals surface area contributed by atoms with Crippen LogP contribution in [0.25, 0.3) is 0 Å². The van der Waals surface area contributed by atoms with Crippen LogP contribution in [0.3, 0.4) is 0 Å². The number of aryl methyl sites for hydroxylation is 1. The molecule has 5 nitrogen and oxygen atoms in total. The van der Waals surface area contributed by atoms with Gasteiger partial charge >= 0.3 is 5.97 Å². The number of amides is 1. The second kappa shape index (κ2) is 7.52. The van der Waals surface area contributed by atoms with Crippen LogP contribution in [0.5, 0.6) is 0 Å². The lowest BCUT2D eigenvalue weighted by Gasteiger charge is -2.14. The van der Waals surface area contributed by atoms with Crippen molar-refractivity contribution in [2.45, 2.75) is 32.2 Å². The van der Waals surface area contributed by atoms with Crippen LogP contribution in [0.4, 0.5) is 0 Å². The summed E-state index contributed by atoms with van der Waals surface area (Å²) in [5, 5.41) is 12.0. The third kappa shape index (κ3) is 3.82. The van der Waals surface area contributed by atoms with Gasteiger partial charge in [0.1, 0.15) is 0 Å². The van der Waals surface area contributed by atoms with E-state index >= 15 is 0 Å². The first-order valence-corrected chi connectivity index (χ1v) is 8.70. The van der Waals surface area contributed by atoms with Crippen LogP contribution in [0.15, 0.2) is 48.5 Å². The Hall–Kier alpha value is -2.95. The minimum atomic E-state index is -0.823. The number of carbonyl (C=O) groups is 3. The van der Waals surface area contributed by atoms with Crippen molar-refractivity contribution >= 4 is 17.7 Å². The van der Waals surface area contributed by atoms with Gasteiger partial charge in [0.25, 0.3) is 5.91 Å². The zero-order valence-corrected chi connectivity index (χ0v) is 14.6. The molecule has 134 valence electrons. The van der Waals surface area contributed by atoms with Gasteiger partial charge in [-0.2, -0.15) is 0 Å². The number of carbonyl (C=O) groups excluding carboxylic acids is 2. The van der Waals surface area contributed by atoms with Crippen LogP contribution in [0.2, 0.25) is 0 Å². The van der Waals surface area contributed by atoms with E-state index in [4.69, 9.17) is 5.11 Å². The molecular weight excluding hydrogens is 330 g/mol. The highest BCUT2D eigenvalue weighted by Gasteiger charge is 2.31. The molecule has 0 radical (unpaired) electrons. The van der Waals surface area contributed by atoms with Crippen LogP contribution in [0.1, 0.15) is 51.1 Å². The third-order valence-corrected chi connectivity index (χ3v) is 4.85. The zero-order chi connectivity index (χ0) is 18.7. The topological polar surface area (TPSA) is 83.5 Å². The van der Waals surface area contributed by atoms with Crippen molar-refractivity contribution in [3.8, 4) is 0 Å². The van der Waals surface area contributed by atoms with E-state index in [0.29, 0.717) is 36.0 Å². The van der Waals surface area contributed by atoms with Gasteiger partial charge < -0.3 is 10.4 Å². The molecule has 0 aromatic heterocycles. The molecule has 1 aliphatic carbocycles. The van der Waals surface area contributed by atoms with Crippen molar-refractivity contribution in [2.75, 3.05) is 0 Å². The molecule has 2 N–H and O–H groups in total. The first-order chi connectivity index (χ1) is 12.5. The fourth-order valence-corrected chi connectivity index (χ4v) is 3.34. The van der Waals surface area contributed by atoms with Gasteiger partial charge in [-0.15, -0.1) is 0 Å². The van der Waals surface area contributed by atoms with E-state index in [1.165, 1.54) is 0 Å². The molecule has 1 fully saturated rings. The van der Waals surface area contributed by atoms with Gasteiger partial charge in [-0.25, -0.2) is 0 Å². The van der Waals surface area contributed by atoms with E-state index < -0.39 is 11.9 Å². The second-order valence-electron chi connectivity index (χ2n) is 6.76. The molecule has 0 aliphatic heterocycles. The van der Waals surface area contributed by atoms with Gasteiger partial charge in [0.15, 0.2) is 5.78 Å². The van der Waals surface area contributed by atoms with E-state index in [1.807, 2.05) is 19.1 Å². The van der Waals surface area contributed by atoms with Crippen LogP contribution in [0, 0.1) is 12.8 Å². The van der Waals surface area contributed by atoms with Crippen LogP contribution < -0.4 is 5.32 Å². The van der Waals surface area contributed by atoms with Crippen LogP contribution in [-0.2, 0) is 4.79 Å². The van der Waals surface area contributed by atoms with E-state index in [-0.39, 0.29) is 17.7 Å². The van der Waals surface area contributed by atoms with E-state index in [1.54, 1.807) is 36.4 Å². The summed E-state index contributed by atoms with van der Waals surface area (Å²) in [6.45, 7) is 1.95. The predicted octanol–water partition coefficient (Wildman–Crippen LogP) is 3.21. The number of hydrogen-bond acceptors (Lipinski definition) is 3. The summed E-state index contributed by atoms with van der Waals surface area (Å²) < 4.78 is 0. The molecule has 26 heavy (non-hydrogen) atoms. The number of ketones is 1. The second-order valence-corrected chi connectivity index (χ2v) is 6.76. The summed E-state index contributed by atoms with van der Waals surface area (Å²) in [6, 6.07) is 13.8. The quantitative estimate of drug-likeness (QED) is 0.810. The fraction of sp³-hybridized carbons (Fsp3) is 0.286. The number of aliphatic carboxylic acids is 1. The molecule has 0 spiro atoms. The molecule has 1 amide bonds. The first kappa shape index (κ1) is 17.9. The summed E-state index contributed by atoms with van der Waals surface area (Å²) in [7, 11) is 0. The van der Waals surface area contributed by atoms with E-state index in [2.05, 4.69) is 5.32 Å². The standard InChI is InChI=1S/C21H21NO4/c1-13-6-8-14(9-7-13)19(23)17-4-2-3-5-18(17)20(24)22-16-11-10-15(12-16)21(25)26/h2-9,15-16H,10-12H2,1H3,(H,22,24)(H,25,26)/t15-,16+/m1/s1. The van der Waals surface area contributed by atoms with Crippen LogP contribution >= 0.6 is 0 Å². The molecule has 2 atom stereocenters. The summed E-state index contributed by atoms with van der Waals surface area (Å²) in [6.07, 6.45) is 1.62. The molecule has 1 saturated carbocycles. The lowest BCUT2D eigenvalue weighted by Crippen LogP contribution is -2.34. The summed E-state index contributed by atoms with van der Waals surface area (Å²) in [5.74, 6) is -1.77. The number of carboxylic acids is 1. The minimum absolute atomic E-state index is 0.175. The van der Waals surface area contributed by atoms with Gasteiger partial charge in [-0.05, 0) is 32.3 Å². The molecule has 5 heteroatoms. The minimum Gasteiger partial charge on any atom is -0.481 e. The maximum atomic E-state index is 12.8. The van der Waals surface area contributed by atoms with Gasteiger partial charge in [-0.1, -0.05) is 48.0 Å². The number of nitrogens with one attached hydrogen (secondary N) is 1. The smallest absolute Gasteiger partial charge is 0.306 e. The number of rotatable bonds is 5. The van der Waals surface area contributed by atoms with Crippen molar-refractivity contribution < 1.29 is 19.5 Å². The van der Waals surface area contributed by atoms with Gasteiger partial charge in [0, 0.05) is 17.2 Å². The summed E-state index contributed by atoms with van der Waals surface area (Å²) in [4.78, 5) is 36.6. The summed E-state index contributed by atoms with van der Waals surface area (Å²) >= 11 is 0. The van der Waals surface area contributed by atoms with Crippen molar-refractivity contribution in [3.05, 3.63) is 70.8 Å². The lowest BCUT2D eigenvalue weighted by molar-refractivity contribution is -0.141. The lowest BCUT2D eigenvalue weighted by atomic mass is 9.97. The number of carboxylic acid groups (broad SMARTS) is 1. The van der Waals surface area contributed by atoms with Crippen molar-refractivity contribution in [1.29, 1.82) is 0 Å². The fourth-order valence-electron chi connectivity index (χ4n) is 3.34. The van der Waals surface area contributed by atoms with Crippen molar-refractivity contribution in [1.82, 2.24) is 5.32 Å². The highest BCUT2D eigenvalue weighted by atomic mass is 16.4. The molecule has 1 aliphatic rings. The largest absolute Gasteiger partial charge is 0.481 e. The Morgan fingerprint density at radius 3 is 2.23 bits per heavy atom. The maximum absolute atomic E-state index is 12.8. The average Bonchev–Trinajstić information content (AvgIpc) is 3.10. The molecule has 2 aromatic carbocycles. The van der Waals surface area contributed by atoms with Crippen molar-refractivity contribution in [2.24, 2.45) is 5.92 Å². The third-order valence-electron chi connectivity index (χ3n) is 4.85. The Balaban J connectivity index is 1.78. The molecule has 0 unspecified atom stereocenters. The zero-order valence-electron chi connectivity index (χ0n) is 14.6. The Labute approximate surface area is 152 Å². The number of hydrogen-bond donors (Lipinski definition) is 2.